The monoisotopic (exact) mass is 306 g/mol. The molecule has 0 spiro atoms. The lowest BCUT2D eigenvalue weighted by Crippen LogP contribution is -2.27. The average molecular weight is 306 g/mol. The number of nitrogens with two attached hydrogens (primary N) is 1. The average Bonchev–Trinajstić information content (AvgIpc) is 3.08. The van der Waals surface area contributed by atoms with Gasteiger partial charge in [-0.2, -0.15) is 4.98 Å². The molecule has 0 unspecified atom stereocenters. The van der Waals surface area contributed by atoms with Crippen LogP contribution in [-0.2, 0) is 11.3 Å². The Morgan fingerprint density at radius 3 is 2.83 bits per heavy atom. The van der Waals surface area contributed by atoms with Crippen LogP contribution in [-0.4, -0.2) is 16.7 Å². The quantitative estimate of drug-likeness (QED) is 0.722. The maximum absolute atomic E-state index is 11.3. The zero-order chi connectivity index (χ0) is 16.0. The number of carbonyl (C=O) groups excluding carboxylic acids is 1. The van der Waals surface area contributed by atoms with Crippen LogP contribution in [0, 0.1) is 0 Å². The number of hydrogen-bond acceptors (Lipinski definition) is 5. The summed E-state index contributed by atoms with van der Waals surface area (Å²) in [4.78, 5) is 19.8. The van der Waals surface area contributed by atoms with Crippen LogP contribution in [0.4, 0.5) is 6.01 Å². The molecule has 0 radical (unpaired) electrons. The smallest absolute Gasteiger partial charge is 0.292 e. The van der Waals surface area contributed by atoms with Crippen LogP contribution >= 0.6 is 0 Å². The molecular weight excluding hydrogens is 292 g/mol. The van der Waals surface area contributed by atoms with E-state index in [1.54, 1.807) is 0 Å². The number of nitrogens with zero attached hydrogens (tertiary/aromatic N) is 2. The largest absolute Gasteiger partial charge is 0.424 e. The van der Waals surface area contributed by atoms with E-state index in [1.165, 1.54) is 6.92 Å². The lowest BCUT2D eigenvalue weighted by atomic mass is 9.99. The number of rotatable bonds is 1. The minimum atomic E-state index is -0.124. The van der Waals surface area contributed by atoms with Crippen molar-refractivity contribution in [3.63, 3.8) is 0 Å². The van der Waals surface area contributed by atoms with Gasteiger partial charge in [0.05, 0.1) is 6.54 Å². The van der Waals surface area contributed by atoms with Gasteiger partial charge in [0.25, 0.3) is 6.01 Å². The minimum Gasteiger partial charge on any atom is -0.424 e. The molecule has 1 aromatic heterocycles. The minimum absolute atomic E-state index is 0.124. The molecule has 2 heterocycles. The van der Waals surface area contributed by atoms with Gasteiger partial charge in [-0.15, -0.1) is 0 Å². The van der Waals surface area contributed by atoms with Crippen LogP contribution in [0.15, 0.2) is 45.8 Å². The van der Waals surface area contributed by atoms with E-state index in [4.69, 9.17) is 10.2 Å². The fraction of sp³-hybridized carbons (Fsp3) is 0.118. The molecule has 0 saturated heterocycles. The molecule has 4 rings (SSSR count). The highest BCUT2D eigenvalue weighted by molar-refractivity contribution is 6.10. The highest BCUT2D eigenvalue weighted by Gasteiger charge is 2.17. The van der Waals surface area contributed by atoms with Gasteiger partial charge in [-0.05, 0) is 34.9 Å². The lowest BCUT2D eigenvalue weighted by molar-refractivity contribution is -0.117. The summed E-state index contributed by atoms with van der Waals surface area (Å²) in [5, 5.41) is 2.78. The van der Waals surface area contributed by atoms with Crippen molar-refractivity contribution in [3.05, 3.63) is 47.5 Å². The first kappa shape index (κ1) is 13.5. The standard InChI is InChI=1S/C17H14N4O2/c1-9(22)20-16-13-6-10(2-3-12(13)8-19-16)11-4-5-15-14(7-11)21-17(18)23-15/h2-7H,8H2,1H3,(H2,18,21)(H,19,20,22). The van der Waals surface area contributed by atoms with Gasteiger partial charge in [0.1, 0.15) is 11.4 Å². The summed E-state index contributed by atoms with van der Waals surface area (Å²) in [5.41, 5.74) is 11.0. The zero-order valence-electron chi connectivity index (χ0n) is 12.5. The maximum Gasteiger partial charge on any atom is 0.292 e. The van der Waals surface area contributed by atoms with Gasteiger partial charge in [0.2, 0.25) is 5.91 Å². The van der Waals surface area contributed by atoms with Crippen LogP contribution in [0.2, 0.25) is 0 Å². The molecular formula is C17H14N4O2. The third-order valence-corrected chi connectivity index (χ3v) is 3.80. The number of benzene rings is 2. The highest BCUT2D eigenvalue weighted by Crippen LogP contribution is 2.29. The number of anilines is 1. The van der Waals surface area contributed by atoms with Gasteiger partial charge in [0.15, 0.2) is 5.58 Å². The van der Waals surface area contributed by atoms with Crippen molar-refractivity contribution >= 4 is 28.9 Å². The number of nitrogen functional groups attached to an aromatic ring is 1. The number of aliphatic imine (C=N–C) groups is 1. The third kappa shape index (κ3) is 2.34. The van der Waals surface area contributed by atoms with E-state index in [0.717, 1.165) is 27.8 Å². The Labute approximate surface area is 132 Å². The van der Waals surface area contributed by atoms with Gasteiger partial charge in [0, 0.05) is 12.5 Å². The zero-order valence-corrected chi connectivity index (χ0v) is 12.5. The van der Waals surface area contributed by atoms with Crippen LogP contribution < -0.4 is 11.1 Å². The maximum atomic E-state index is 11.3. The molecule has 1 aliphatic heterocycles. The molecule has 6 heteroatoms. The van der Waals surface area contributed by atoms with Crippen LogP contribution in [0.1, 0.15) is 18.1 Å². The second kappa shape index (κ2) is 4.95. The summed E-state index contributed by atoms with van der Waals surface area (Å²) < 4.78 is 5.29. The SMILES string of the molecule is CC(=O)NC1=NCc2ccc(-c3ccc4oc(N)nc4c3)cc21. The molecule has 114 valence electrons. The first-order chi connectivity index (χ1) is 11.1. The third-order valence-electron chi connectivity index (χ3n) is 3.80. The van der Waals surface area contributed by atoms with E-state index in [-0.39, 0.29) is 11.9 Å². The Balaban J connectivity index is 1.77. The molecule has 3 N–H and O–H groups in total. The first-order valence-electron chi connectivity index (χ1n) is 7.22. The van der Waals surface area contributed by atoms with Crippen molar-refractivity contribution in [2.45, 2.75) is 13.5 Å². The molecule has 23 heavy (non-hydrogen) atoms. The van der Waals surface area contributed by atoms with E-state index in [0.29, 0.717) is 18.0 Å². The summed E-state index contributed by atoms with van der Waals surface area (Å²) >= 11 is 0. The molecule has 3 aromatic rings. The molecule has 0 atom stereocenters. The van der Waals surface area contributed by atoms with Gasteiger partial charge >= 0.3 is 0 Å². The van der Waals surface area contributed by atoms with Gasteiger partial charge in [-0.3, -0.25) is 9.79 Å². The molecule has 0 fully saturated rings. The summed E-state index contributed by atoms with van der Waals surface area (Å²) in [6.07, 6.45) is 0. The van der Waals surface area contributed by atoms with Crippen molar-refractivity contribution in [2.24, 2.45) is 4.99 Å². The van der Waals surface area contributed by atoms with E-state index < -0.39 is 0 Å². The molecule has 0 saturated carbocycles. The van der Waals surface area contributed by atoms with Crippen molar-refractivity contribution in [1.29, 1.82) is 0 Å². The Bertz CT molecular complexity index is 972. The van der Waals surface area contributed by atoms with E-state index >= 15 is 0 Å². The highest BCUT2D eigenvalue weighted by atomic mass is 16.4. The Kier molecular flexibility index (Phi) is 2.90. The van der Waals surface area contributed by atoms with Crippen LogP contribution in [0.5, 0.6) is 0 Å². The number of amides is 1. The molecule has 1 aliphatic rings. The Morgan fingerprint density at radius 1 is 1.22 bits per heavy atom. The van der Waals surface area contributed by atoms with Crippen molar-refractivity contribution in [1.82, 2.24) is 10.3 Å². The van der Waals surface area contributed by atoms with Crippen molar-refractivity contribution < 1.29 is 9.21 Å². The Hall–Kier alpha value is -3.15. The normalized spacial score (nSPS) is 13.0. The predicted molar refractivity (Wildman–Crippen MR) is 87.9 cm³/mol. The fourth-order valence-corrected chi connectivity index (χ4v) is 2.76. The molecule has 1 amide bonds. The summed E-state index contributed by atoms with van der Waals surface area (Å²) in [5.74, 6) is 0.502. The molecule has 0 bridgehead atoms. The predicted octanol–water partition coefficient (Wildman–Crippen LogP) is 2.47. The molecule has 6 nitrogen and oxygen atoms in total. The number of oxazole rings is 1. The van der Waals surface area contributed by atoms with E-state index in [1.807, 2.05) is 36.4 Å². The number of fused-ring (bicyclic) bond motifs is 2. The van der Waals surface area contributed by atoms with Crippen molar-refractivity contribution in [2.75, 3.05) is 5.73 Å². The number of carbonyl (C=O) groups is 1. The topological polar surface area (TPSA) is 93.5 Å². The second-order valence-electron chi connectivity index (χ2n) is 5.45. The Morgan fingerprint density at radius 2 is 2.00 bits per heavy atom. The summed E-state index contributed by atoms with van der Waals surface area (Å²) in [7, 11) is 0. The van der Waals surface area contributed by atoms with Gasteiger partial charge in [-0.1, -0.05) is 18.2 Å². The van der Waals surface area contributed by atoms with Crippen LogP contribution in [0.3, 0.4) is 0 Å². The first-order valence-corrected chi connectivity index (χ1v) is 7.22. The fourth-order valence-electron chi connectivity index (χ4n) is 2.76. The van der Waals surface area contributed by atoms with Crippen LogP contribution in [0.25, 0.3) is 22.2 Å². The van der Waals surface area contributed by atoms with Crippen molar-refractivity contribution in [3.8, 4) is 11.1 Å². The molecule has 2 aromatic carbocycles. The number of hydrogen-bond donors (Lipinski definition) is 2. The summed E-state index contributed by atoms with van der Waals surface area (Å²) in [6, 6.07) is 12.0. The number of aromatic nitrogens is 1. The lowest BCUT2D eigenvalue weighted by Gasteiger charge is -2.07. The second-order valence-corrected chi connectivity index (χ2v) is 5.45. The van der Waals surface area contributed by atoms with Gasteiger partial charge in [-0.25, -0.2) is 0 Å². The summed E-state index contributed by atoms with van der Waals surface area (Å²) in [6.45, 7) is 2.07. The van der Waals surface area contributed by atoms with E-state index in [9.17, 15) is 4.79 Å². The molecule has 0 aliphatic carbocycles. The van der Waals surface area contributed by atoms with E-state index in [2.05, 4.69) is 15.3 Å². The number of nitrogens with one attached hydrogen (secondary N) is 1. The number of amidine groups is 1. The van der Waals surface area contributed by atoms with Gasteiger partial charge < -0.3 is 15.5 Å².